The summed E-state index contributed by atoms with van der Waals surface area (Å²) in [5.74, 6) is 0.745. The van der Waals surface area contributed by atoms with Crippen LogP contribution in [-0.2, 0) is 0 Å². The summed E-state index contributed by atoms with van der Waals surface area (Å²) >= 11 is 0. The molecule has 1 saturated carbocycles. The molecule has 2 bridgehead atoms. The molecule has 0 radical (unpaired) electrons. The van der Waals surface area contributed by atoms with E-state index in [4.69, 9.17) is 0 Å². The summed E-state index contributed by atoms with van der Waals surface area (Å²) in [6.07, 6.45) is 2.67. The van der Waals surface area contributed by atoms with Gasteiger partial charge in [0.25, 0.3) is 0 Å². The maximum Gasteiger partial charge on any atom is 0.0654 e. The molecule has 2 heteroatoms. The highest BCUT2D eigenvalue weighted by Crippen LogP contribution is 2.68. The number of hydrogen-bond donors (Lipinski definition) is 1. The van der Waals surface area contributed by atoms with Crippen molar-refractivity contribution in [2.75, 3.05) is 11.6 Å². The van der Waals surface area contributed by atoms with Crippen molar-refractivity contribution < 1.29 is 0 Å². The monoisotopic (exact) mass is 304 g/mol. The van der Waals surface area contributed by atoms with Crippen molar-refractivity contribution in [3.63, 3.8) is 0 Å². The van der Waals surface area contributed by atoms with Crippen molar-refractivity contribution in [3.8, 4) is 0 Å². The number of fused-ring (bicyclic) bond motifs is 5. The van der Waals surface area contributed by atoms with E-state index in [1.165, 1.54) is 35.0 Å². The van der Waals surface area contributed by atoms with Crippen LogP contribution >= 0.6 is 0 Å². The zero-order valence-electron chi connectivity index (χ0n) is 14.2. The summed E-state index contributed by atoms with van der Waals surface area (Å²) in [6.45, 7) is 8.43. The number of hydrogen-bond acceptors (Lipinski definition) is 2. The van der Waals surface area contributed by atoms with Crippen molar-refractivity contribution in [2.24, 2.45) is 16.7 Å². The molecule has 2 nitrogen and oxygen atoms in total. The smallest absolute Gasteiger partial charge is 0.0654 e. The number of allylic oxidation sites excluding steroid dienone is 1. The number of nitrogens with zero attached hydrogens (tertiary/aromatic N) is 1. The van der Waals surface area contributed by atoms with Crippen LogP contribution in [-0.4, -0.2) is 6.54 Å². The van der Waals surface area contributed by atoms with E-state index in [1.54, 1.807) is 5.57 Å². The van der Waals surface area contributed by atoms with Crippen LogP contribution in [0.5, 0.6) is 0 Å². The minimum absolute atomic E-state index is 0.312. The lowest BCUT2D eigenvalue weighted by molar-refractivity contribution is 0.159. The van der Waals surface area contributed by atoms with Gasteiger partial charge in [0.1, 0.15) is 0 Å². The number of benzene rings is 2. The molecule has 0 unspecified atom stereocenters. The number of anilines is 1. The third-order valence-corrected chi connectivity index (χ3v) is 7.15. The molecule has 118 valence electrons. The lowest BCUT2D eigenvalue weighted by Gasteiger charge is -2.39. The number of rotatable bonds is 1. The quantitative estimate of drug-likeness (QED) is 0.808. The van der Waals surface area contributed by atoms with Crippen LogP contribution in [0.15, 0.2) is 53.7 Å². The maximum absolute atomic E-state index is 3.80. The number of hydrazine groups is 1. The Morgan fingerprint density at radius 2 is 1.83 bits per heavy atom. The first-order valence-corrected chi connectivity index (χ1v) is 8.78. The predicted octanol–water partition coefficient (Wildman–Crippen LogP) is 4.87. The zero-order valence-corrected chi connectivity index (χ0v) is 14.2. The molecule has 23 heavy (non-hydrogen) atoms. The van der Waals surface area contributed by atoms with Gasteiger partial charge in [0.05, 0.1) is 12.2 Å². The Kier molecular flexibility index (Phi) is 2.41. The van der Waals surface area contributed by atoms with E-state index in [1.807, 2.05) is 0 Å². The molecule has 0 amide bonds. The highest BCUT2D eigenvalue weighted by molar-refractivity contribution is 5.94. The molecule has 2 aliphatic carbocycles. The number of nitrogens with one attached hydrogen (secondary N) is 1. The van der Waals surface area contributed by atoms with Crippen molar-refractivity contribution in [3.05, 3.63) is 53.7 Å². The summed E-state index contributed by atoms with van der Waals surface area (Å²) < 4.78 is 0. The van der Waals surface area contributed by atoms with E-state index < -0.39 is 0 Å². The highest BCUT2D eigenvalue weighted by Gasteiger charge is 2.62. The van der Waals surface area contributed by atoms with Gasteiger partial charge >= 0.3 is 0 Å². The highest BCUT2D eigenvalue weighted by atomic mass is 15.5. The average Bonchev–Trinajstić information content (AvgIpc) is 3.12. The van der Waals surface area contributed by atoms with Crippen LogP contribution in [0.1, 0.15) is 33.6 Å². The molecular formula is C21H24N2. The second-order valence-electron chi connectivity index (χ2n) is 8.24. The molecule has 0 aromatic heterocycles. The van der Waals surface area contributed by atoms with E-state index in [0.29, 0.717) is 10.8 Å². The van der Waals surface area contributed by atoms with E-state index in [2.05, 4.69) is 73.7 Å². The SMILES string of the molecule is CC1(C)[C@@H]2CC[C@@]1(C)C1=C2CN(c2cccc3ccccc23)N1. The summed E-state index contributed by atoms with van der Waals surface area (Å²) in [5.41, 5.74) is 9.00. The van der Waals surface area contributed by atoms with Crippen LogP contribution in [0.25, 0.3) is 10.8 Å². The third-order valence-electron chi connectivity index (χ3n) is 7.15. The van der Waals surface area contributed by atoms with Crippen LogP contribution in [0.3, 0.4) is 0 Å². The van der Waals surface area contributed by atoms with Crippen molar-refractivity contribution >= 4 is 16.5 Å². The summed E-state index contributed by atoms with van der Waals surface area (Å²) in [4.78, 5) is 0. The van der Waals surface area contributed by atoms with Gasteiger partial charge in [-0.05, 0) is 41.2 Å². The predicted molar refractivity (Wildman–Crippen MR) is 96.1 cm³/mol. The summed E-state index contributed by atoms with van der Waals surface area (Å²) in [6, 6.07) is 15.3. The molecule has 3 aliphatic rings. The molecule has 2 aromatic rings. The zero-order chi connectivity index (χ0) is 15.8. The molecule has 0 spiro atoms. The van der Waals surface area contributed by atoms with Gasteiger partial charge in [0.2, 0.25) is 0 Å². The van der Waals surface area contributed by atoms with Gasteiger partial charge in [0, 0.05) is 16.5 Å². The molecule has 5 rings (SSSR count). The minimum atomic E-state index is 0.312. The van der Waals surface area contributed by atoms with Gasteiger partial charge in [-0.15, -0.1) is 0 Å². The van der Waals surface area contributed by atoms with E-state index >= 15 is 0 Å². The fourth-order valence-corrected chi connectivity index (χ4v) is 5.40. The second-order valence-corrected chi connectivity index (χ2v) is 8.24. The van der Waals surface area contributed by atoms with Gasteiger partial charge in [-0.25, -0.2) is 0 Å². The fourth-order valence-electron chi connectivity index (χ4n) is 5.40. The molecule has 1 fully saturated rings. The first-order chi connectivity index (χ1) is 11.0. The third kappa shape index (κ3) is 1.50. The summed E-state index contributed by atoms with van der Waals surface area (Å²) in [7, 11) is 0. The second kappa shape index (κ2) is 4.11. The Balaban J connectivity index is 1.56. The molecule has 2 aromatic carbocycles. The molecular weight excluding hydrogens is 280 g/mol. The first kappa shape index (κ1) is 13.5. The molecule has 0 saturated heterocycles. The topological polar surface area (TPSA) is 15.3 Å². The molecule has 1 N–H and O–H groups in total. The van der Waals surface area contributed by atoms with Crippen molar-refractivity contribution in [1.82, 2.24) is 5.43 Å². The van der Waals surface area contributed by atoms with Crippen LogP contribution < -0.4 is 10.4 Å². The van der Waals surface area contributed by atoms with Crippen molar-refractivity contribution in [2.45, 2.75) is 33.6 Å². The van der Waals surface area contributed by atoms with Gasteiger partial charge in [-0.1, -0.05) is 57.2 Å². The first-order valence-electron chi connectivity index (χ1n) is 8.78. The van der Waals surface area contributed by atoms with E-state index in [9.17, 15) is 0 Å². The Hall–Kier alpha value is -1.96. The van der Waals surface area contributed by atoms with Gasteiger partial charge in [-0.3, -0.25) is 5.01 Å². The van der Waals surface area contributed by atoms with E-state index in [0.717, 1.165) is 12.5 Å². The average molecular weight is 304 g/mol. The van der Waals surface area contributed by atoms with Crippen LogP contribution in [0, 0.1) is 16.7 Å². The van der Waals surface area contributed by atoms with Crippen LogP contribution in [0.2, 0.25) is 0 Å². The Morgan fingerprint density at radius 3 is 2.65 bits per heavy atom. The van der Waals surface area contributed by atoms with Gasteiger partial charge < -0.3 is 5.43 Å². The minimum Gasteiger partial charge on any atom is -0.302 e. The Bertz CT molecular complexity index is 843. The maximum atomic E-state index is 3.80. The fraction of sp³-hybridized carbons (Fsp3) is 0.429. The summed E-state index contributed by atoms with van der Waals surface area (Å²) in [5, 5.41) is 5.02. The van der Waals surface area contributed by atoms with Crippen LogP contribution in [0.4, 0.5) is 5.69 Å². The Morgan fingerprint density at radius 1 is 1.04 bits per heavy atom. The standard InChI is InChI=1S/C21H24N2/c1-20(2)17-11-12-21(20,3)19-16(17)13-23(22-19)18-10-6-8-14-7-4-5-9-15(14)18/h4-10,17,22H,11-13H2,1-3H3/t17-,21+/m1/s1. The largest absolute Gasteiger partial charge is 0.302 e. The molecule has 1 aliphatic heterocycles. The van der Waals surface area contributed by atoms with Gasteiger partial charge in [-0.2, -0.15) is 0 Å². The lowest BCUT2D eigenvalue weighted by atomic mass is 9.69. The Labute approximate surface area is 138 Å². The van der Waals surface area contributed by atoms with Gasteiger partial charge in [0.15, 0.2) is 0 Å². The molecule has 2 atom stereocenters. The lowest BCUT2D eigenvalue weighted by Crippen LogP contribution is -2.42. The molecule has 1 heterocycles. The van der Waals surface area contributed by atoms with Crippen molar-refractivity contribution in [1.29, 1.82) is 0 Å². The normalized spacial score (nSPS) is 30.9. The van der Waals surface area contributed by atoms with E-state index in [-0.39, 0.29) is 0 Å².